The van der Waals surface area contributed by atoms with E-state index >= 15 is 0 Å². The molecule has 0 saturated carbocycles. The van der Waals surface area contributed by atoms with Gasteiger partial charge in [0.05, 0.1) is 0 Å². The molecule has 23 heavy (non-hydrogen) atoms. The summed E-state index contributed by atoms with van der Waals surface area (Å²) in [6.07, 6.45) is -10.0. The Kier molecular flexibility index (Phi) is 4.25. The molecule has 9 heteroatoms. The van der Waals surface area contributed by atoms with E-state index in [2.05, 4.69) is 0 Å². The van der Waals surface area contributed by atoms with Crippen molar-refractivity contribution < 1.29 is 35.6 Å². The lowest BCUT2D eigenvalue weighted by atomic mass is 9.85. The van der Waals surface area contributed by atoms with Crippen molar-refractivity contribution in [3.8, 4) is 0 Å². The topological polar surface area (TPSA) is 33.5 Å². The molecular formula is C14H13F6NO2. The van der Waals surface area contributed by atoms with Crippen molar-refractivity contribution in [3.63, 3.8) is 0 Å². The molecule has 0 atom stereocenters. The predicted octanol–water partition coefficient (Wildman–Crippen LogP) is 3.94. The summed E-state index contributed by atoms with van der Waals surface area (Å²) in [6.45, 7) is -0.389. The quantitative estimate of drug-likeness (QED) is 0.603. The van der Waals surface area contributed by atoms with Crippen LogP contribution >= 0.6 is 0 Å². The number of furan rings is 1. The predicted molar refractivity (Wildman–Crippen MR) is 68.2 cm³/mol. The summed E-state index contributed by atoms with van der Waals surface area (Å²) in [4.78, 5) is 12.4. The molecule has 0 bridgehead atoms. The molecule has 1 aromatic rings. The second-order valence-electron chi connectivity index (χ2n) is 5.37. The summed E-state index contributed by atoms with van der Waals surface area (Å²) < 4.78 is 82.6. The van der Waals surface area contributed by atoms with Crippen LogP contribution in [0.15, 0.2) is 22.6 Å². The standard InChI is InChI=1S/C14H13F6NO2/c1-9-2-3-10(23-9)4-5-11(22)21-7-6-12(8-21,13(15,16)17)14(18,19)20/h2-5H,6-8H2,1H3. The summed E-state index contributed by atoms with van der Waals surface area (Å²) in [5, 5.41) is 0. The molecule has 1 aromatic heterocycles. The number of halogens is 6. The maximum Gasteiger partial charge on any atom is 0.404 e. The Morgan fingerprint density at radius 1 is 1.22 bits per heavy atom. The normalized spacial score (nSPS) is 18.8. The Labute approximate surface area is 127 Å². The van der Waals surface area contributed by atoms with Crippen molar-refractivity contribution >= 4 is 12.0 Å². The summed E-state index contributed by atoms with van der Waals surface area (Å²) in [5.41, 5.74) is -3.87. The van der Waals surface area contributed by atoms with Gasteiger partial charge in [-0.15, -0.1) is 0 Å². The molecule has 128 valence electrons. The van der Waals surface area contributed by atoms with Gasteiger partial charge in [0.15, 0.2) is 5.41 Å². The van der Waals surface area contributed by atoms with Crippen LogP contribution in [0.3, 0.4) is 0 Å². The van der Waals surface area contributed by atoms with Crippen LogP contribution in [-0.2, 0) is 4.79 Å². The zero-order valence-electron chi connectivity index (χ0n) is 12.0. The highest BCUT2D eigenvalue weighted by atomic mass is 19.4. The van der Waals surface area contributed by atoms with Gasteiger partial charge < -0.3 is 9.32 Å². The number of amides is 1. The summed E-state index contributed by atoms with van der Waals surface area (Å²) in [7, 11) is 0. The Bertz CT molecular complexity index is 600. The average molecular weight is 341 g/mol. The van der Waals surface area contributed by atoms with E-state index in [1.807, 2.05) is 0 Å². The van der Waals surface area contributed by atoms with Gasteiger partial charge in [0.2, 0.25) is 5.91 Å². The number of hydrogen-bond donors (Lipinski definition) is 0. The van der Waals surface area contributed by atoms with Gasteiger partial charge in [-0.2, -0.15) is 26.3 Å². The van der Waals surface area contributed by atoms with E-state index in [1.165, 1.54) is 12.1 Å². The number of likely N-dealkylation sites (tertiary alicyclic amines) is 1. The number of rotatable bonds is 2. The van der Waals surface area contributed by atoms with Crippen molar-refractivity contribution in [2.24, 2.45) is 5.41 Å². The first kappa shape index (κ1) is 17.4. The molecule has 1 fully saturated rings. The molecule has 0 spiro atoms. The van der Waals surface area contributed by atoms with Gasteiger partial charge in [-0.05, 0) is 31.6 Å². The molecule has 1 aliphatic rings. The van der Waals surface area contributed by atoms with Crippen LogP contribution < -0.4 is 0 Å². The van der Waals surface area contributed by atoms with Crippen molar-refractivity contribution in [2.45, 2.75) is 25.7 Å². The number of alkyl halides is 6. The van der Waals surface area contributed by atoms with E-state index in [0.717, 1.165) is 6.08 Å². The van der Waals surface area contributed by atoms with Crippen molar-refractivity contribution in [3.05, 3.63) is 29.7 Å². The van der Waals surface area contributed by atoms with E-state index < -0.39 is 43.2 Å². The van der Waals surface area contributed by atoms with Crippen LogP contribution in [0, 0.1) is 12.3 Å². The Hall–Kier alpha value is -1.93. The van der Waals surface area contributed by atoms with Crippen molar-refractivity contribution in [1.82, 2.24) is 4.90 Å². The van der Waals surface area contributed by atoms with Crippen LogP contribution in [0.2, 0.25) is 0 Å². The fourth-order valence-electron chi connectivity index (χ4n) is 2.42. The second-order valence-corrected chi connectivity index (χ2v) is 5.37. The number of carbonyl (C=O) groups is 1. The van der Waals surface area contributed by atoms with Gasteiger partial charge in [-0.25, -0.2) is 0 Å². The van der Waals surface area contributed by atoms with Gasteiger partial charge in [-0.1, -0.05) is 0 Å². The van der Waals surface area contributed by atoms with Gasteiger partial charge in [-0.3, -0.25) is 4.79 Å². The van der Waals surface area contributed by atoms with E-state index in [9.17, 15) is 31.1 Å². The molecule has 0 radical (unpaired) electrons. The van der Waals surface area contributed by atoms with E-state index in [0.29, 0.717) is 10.7 Å². The zero-order valence-corrected chi connectivity index (χ0v) is 12.0. The van der Waals surface area contributed by atoms with E-state index in [-0.39, 0.29) is 5.76 Å². The lowest BCUT2D eigenvalue weighted by Crippen LogP contribution is -2.52. The third-order valence-corrected chi connectivity index (χ3v) is 3.82. The molecule has 2 rings (SSSR count). The van der Waals surface area contributed by atoms with Crippen molar-refractivity contribution in [2.75, 3.05) is 13.1 Å². The Morgan fingerprint density at radius 3 is 2.26 bits per heavy atom. The largest absolute Gasteiger partial charge is 0.462 e. The minimum Gasteiger partial charge on any atom is -0.462 e. The lowest BCUT2D eigenvalue weighted by Gasteiger charge is -2.33. The minimum absolute atomic E-state index is 0.285. The van der Waals surface area contributed by atoms with Gasteiger partial charge in [0, 0.05) is 19.2 Å². The molecule has 1 aliphatic heterocycles. The molecule has 0 aliphatic carbocycles. The average Bonchev–Trinajstić information content (AvgIpc) is 3.01. The molecule has 2 heterocycles. The lowest BCUT2D eigenvalue weighted by molar-refractivity contribution is -0.334. The number of hydrogen-bond acceptors (Lipinski definition) is 2. The fourth-order valence-corrected chi connectivity index (χ4v) is 2.42. The molecule has 1 saturated heterocycles. The summed E-state index contributed by atoms with van der Waals surface area (Å²) in [5.74, 6) is -0.0752. The van der Waals surface area contributed by atoms with E-state index in [1.54, 1.807) is 13.0 Å². The molecule has 1 amide bonds. The fraction of sp³-hybridized carbons (Fsp3) is 0.500. The first-order valence-corrected chi connectivity index (χ1v) is 6.63. The maximum absolute atomic E-state index is 12.9. The van der Waals surface area contributed by atoms with Gasteiger partial charge in [0.1, 0.15) is 11.5 Å². The minimum atomic E-state index is -5.47. The SMILES string of the molecule is Cc1ccc(C=CC(=O)N2CCC(C(F)(F)F)(C(F)(F)F)C2)o1. The smallest absolute Gasteiger partial charge is 0.404 e. The maximum atomic E-state index is 12.9. The third-order valence-electron chi connectivity index (χ3n) is 3.82. The number of aryl methyl sites for hydroxylation is 1. The summed E-state index contributed by atoms with van der Waals surface area (Å²) in [6, 6.07) is 3.14. The number of nitrogens with zero attached hydrogens (tertiary/aromatic N) is 1. The summed E-state index contributed by atoms with van der Waals surface area (Å²) >= 11 is 0. The second kappa shape index (κ2) is 5.61. The molecular weight excluding hydrogens is 328 g/mol. The van der Waals surface area contributed by atoms with Crippen LogP contribution in [0.1, 0.15) is 17.9 Å². The van der Waals surface area contributed by atoms with Crippen LogP contribution in [-0.4, -0.2) is 36.2 Å². The molecule has 0 unspecified atom stereocenters. The van der Waals surface area contributed by atoms with Crippen LogP contribution in [0.25, 0.3) is 6.08 Å². The monoisotopic (exact) mass is 341 g/mol. The molecule has 3 nitrogen and oxygen atoms in total. The Balaban J connectivity index is 2.14. The van der Waals surface area contributed by atoms with Gasteiger partial charge >= 0.3 is 12.4 Å². The van der Waals surface area contributed by atoms with Gasteiger partial charge in [0.25, 0.3) is 0 Å². The molecule has 0 aromatic carbocycles. The first-order valence-electron chi connectivity index (χ1n) is 6.63. The highest BCUT2D eigenvalue weighted by Crippen LogP contribution is 2.55. The van der Waals surface area contributed by atoms with E-state index in [4.69, 9.17) is 4.42 Å². The Morgan fingerprint density at radius 2 is 1.83 bits per heavy atom. The highest BCUT2D eigenvalue weighted by molar-refractivity contribution is 5.91. The number of carbonyl (C=O) groups excluding carboxylic acids is 1. The van der Waals surface area contributed by atoms with Crippen LogP contribution in [0.5, 0.6) is 0 Å². The first-order chi connectivity index (χ1) is 10.5. The zero-order chi connectivity index (χ0) is 17.5. The highest BCUT2D eigenvalue weighted by Gasteiger charge is 2.72. The molecule has 0 N–H and O–H groups in total. The van der Waals surface area contributed by atoms with Crippen molar-refractivity contribution in [1.29, 1.82) is 0 Å². The van der Waals surface area contributed by atoms with Crippen LogP contribution in [0.4, 0.5) is 26.3 Å². The third kappa shape index (κ3) is 3.23.